The minimum Gasteiger partial charge on any atom is -0.310 e. The van der Waals surface area contributed by atoms with E-state index in [1.54, 1.807) is 15.6 Å². The summed E-state index contributed by atoms with van der Waals surface area (Å²) < 4.78 is 3.41. The van der Waals surface area contributed by atoms with Gasteiger partial charge >= 0.3 is 0 Å². The number of rotatable bonds is 2. The zero-order chi connectivity index (χ0) is 15.1. The Morgan fingerprint density at radius 3 is 2.81 bits per heavy atom. The highest BCUT2D eigenvalue weighted by Crippen LogP contribution is 2.39. The van der Waals surface area contributed by atoms with E-state index in [1.165, 1.54) is 11.8 Å². The van der Waals surface area contributed by atoms with Crippen molar-refractivity contribution in [3.63, 3.8) is 0 Å². The lowest BCUT2D eigenvalue weighted by Gasteiger charge is -2.13. The van der Waals surface area contributed by atoms with Crippen LogP contribution in [0.15, 0.2) is 17.2 Å². The Morgan fingerprint density at radius 1 is 1.43 bits per heavy atom. The number of aryl methyl sites for hydroxylation is 1. The number of fused-ring (bicyclic) bond motifs is 1. The van der Waals surface area contributed by atoms with Gasteiger partial charge in [-0.25, -0.2) is 0 Å². The Bertz CT molecular complexity index is 742. The summed E-state index contributed by atoms with van der Waals surface area (Å²) in [6, 6.07) is 0.0550. The molecule has 112 valence electrons. The van der Waals surface area contributed by atoms with E-state index in [9.17, 15) is 9.59 Å². The van der Waals surface area contributed by atoms with E-state index in [0.717, 1.165) is 5.56 Å². The van der Waals surface area contributed by atoms with Crippen molar-refractivity contribution >= 4 is 23.5 Å². The highest BCUT2D eigenvalue weighted by Gasteiger charge is 2.31. The molecule has 8 heteroatoms. The minimum atomic E-state index is -0.198. The first kappa shape index (κ1) is 14.0. The summed E-state index contributed by atoms with van der Waals surface area (Å²) in [6.07, 6.45) is 3.62. The molecule has 0 unspecified atom stereocenters. The summed E-state index contributed by atoms with van der Waals surface area (Å²) in [6.45, 7) is 3.92. The Morgan fingerprint density at radius 2 is 2.19 bits per heavy atom. The molecule has 0 aliphatic carbocycles. The van der Waals surface area contributed by atoms with Crippen molar-refractivity contribution in [2.24, 2.45) is 7.05 Å². The standard InChI is InChI=1S/C13H17N5O2S/c1-7(2)18-12-10(13(20)16-18)11(21-6-9(19)15-12)8-4-14-17(3)5-8/h4-5,7,11H,6H2,1-3H3,(H,15,19)(H,16,20)/t11-/m1/s1. The first-order chi connectivity index (χ1) is 9.97. The first-order valence-corrected chi connectivity index (χ1v) is 7.76. The summed E-state index contributed by atoms with van der Waals surface area (Å²) in [5.74, 6) is 0.783. The van der Waals surface area contributed by atoms with Gasteiger partial charge in [0.15, 0.2) is 0 Å². The molecule has 0 fully saturated rings. The van der Waals surface area contributed by atoms with Crippen LogP contribution in [-0.2, 0) is 11.8 Å². The number of hydrogen-bond donors (Lipinski definition) is 2. The molecule has 1 aliphatic rings. The van der Waals surface area contributed by atoms with Gasteiger partial charge in [0.2, 0.25) is 5.91 Å². The van der Waals surface area contributed by atoms with Crippen molar-refractivity contribution in [2.45, 2.75) is 25.1 Å². The van der Waals surface area contributed by atoms with Crippen molar-refractivity contribution in [1.82, 2.24) is 19.6 Å². The van der Waals surface area contributed by atoms with Crippen molar-refractivity contribution in [1.29, 1.82) is 0 Å². The van der Waals surface area contributed by atoms with Gasteiger partial charge in [-0.1, -0.05) is 0 Å². The number of thioether (sulfide) groups is 1. The molecule has 21 heavy (non-hydrogen) atoms. The van der Waals surface area contributed by atoms with E-state index in [0.29, 0.717) is 17.1 Å². The number of hydrogen-bond acceptors (Lipinski definition) is 4. The van der Waals surface area contributed by atoms with Crippen molar-refractivity contribution in [2.75, 3.05) is 11.1 Å². The number of carbonyl (C=O) groups is 1. The molecule has 2 N–H and O–H groups in total. The second-order valence-electron chi connectivity index (χ2n) is 5.35. The summed E-state index contributed by atoms with van der Waals surface area (Å²) in [4.78, 5) is 24.3. The van der Waals surface area contributed by atoms with Crippen molar-refractivity contribution < 1.29 is 4.79 Å². The number of aromatic amines is 1. The van der Waals surface area contributed by atoms with Gasteiger partial charge in [0.1, 0.15) is 5.82 Å². The molecule has 0 saturated carbocycles. The monoisotopic (exact) mass is 307 g/mol. The molecular formula is C13H17N5O2S. The zero-order valence-electron chi connectivity index (χ0n) is 12.1. The number of H-pyrrole nitrogens is 1. The number of nitrogens with one attached hydrogen (secondary N) is 2. The van der Waals surface area contributed by atoms with Gasteiger partial charge in [-0.3, -0.25) is 24.1 Å². The van der Waals surface area contributed by atoms with Crippen LogP contribution in [0.5, 0.6) is 0 Å². The number of aromatic nitrogens is 4. The van der Waals surface area contributed by atoms with Crippen LogP contribution in [0.4, 0.5) is 5.82 Å². The lowest BCUT2D eigenvalue weighted by molar-refractivity contribution is -0.113. The average Bonchev–Trinajstić information content (AvgIpc) is 2.91. The molecule has 0 saturated heterocycles. The van der Waals surface area contributed by atoms with E-state index in [1.807, 2.05) is 27.1 Å². The molecule has 2 aromatic heterocycles. The molecule has 2 aromatic rings. The smallest absolute Gasteiger partial charge is 0.270 e. The maximum Gasteiger partial charge on any atom is 0.270 e. The maximum absolute atomic E-state index is 12.4. The summed E-state index contributed by atoms with van der Waals surface area (Å²) >= 11 is 1.44. The van der Waals surface area contributed by atoms with Crippen LogP contribution < -0.4 is 10.9 Å². The van der Waals surface area contributed by atoms with E-state index in [2.05, 4.69) is 15.5 Å². The predicted octanol–water partition coefficient (Wildman–Crippen LogP) is 1.27. The average molecular weight is 307 g/mol. The lowest BCUT2D eigenvalue weighted by Crippen LogP contribution is -2.17. The fraction of sp³-hybridized carbons (Fsp3) is 0.462. The minimum absolute atomic E-state index is 0.0550. The van der Waals surface area contributed by atoms with E-state index < -0.39 is 0 Å². The SMILES string of the molecule is CC(C)n1[nH]c(=O)c2c1NC(=O)CS[C@@H]2c1cnn(C)c1. The van der Waals surface area contributed by atoms with Gasteiger partial charge in [-0.05, 0) is 13.8 Å². The van der Waals surface area contributed by atoms with Gasteiger partial charge in [0.25, 0.3) is 5.56 Å². The Kier molecular flexibility index (Phi) is 3.40. The Labute approximate surface area is 125 Å². The van der Waals surface area contributed by atoms with Gasteiger partial charge in [0, 0.05) is 24.8 Å². The fourth-order valence-corrected chi connectivity index (χ4v) is 3.56. The highest BCUT2D eigenvalue weighted by atomic mass is 32.2. The molecule has 3 rings (SSSR count). The van der Waals surface area contributed by atoms with E-state index in [4.69, 9.17) is 0 Å². The van der Waals surface area contributed by atoms with E-state index in [-0.39, 0.29) is 22.8 Å². The maximum atomic E-state index is 12.4. The molecule has 1 atom stereocenters. The van der Waals surface area contributed by atoms with Crippen LogP contribution in [0.3, 0.4) is 0 Å². The summed E-state index contributed by atoms with van der Waals surface area (Å²) in [7, 11) is 1.83. The van der Waals surface area contributed by atoms with Crippen LogP contribution in [0.2, 0.25) is 0 Å². The zero-order valence-corrected chi connectivity index (χ0v) is 12.9. The Balaban J connectivity index is 2.18. The molecule has 0 aromatic carbocycles. The number of amides is 1. The topological polar surface area (TPSA) is 84.7 Å². The van der Waals surface area contributed by atoms with Crippen LogP contribution in [0.25, 0.3) is 0 Å². The second-order valence-corrected chi connectivity index (χ2v) is 6.45. The van der Waals surface area contributed by atoms with Crippen molar-refractivity contribution in [3.05, 3.63) is 33.9 Å². The molecule has 0 spiro atoms. The van der Waals surface area contributed by atoms with E-state index >= 15 is 0 Å². The lowest BCUT2D eigenvalue weighted by atomic mass is 10.1. The number of anilines is 1. The van der Waals surface area contributed by atoms with Gasteiger partial charge < -0.3 is 5.32 Å². The fourth-order valence-electron chi connectivity index (χ4n) is 2.47. The molecule has 3 heterocycles. The quantitative estimate of drug-likeness (QED) is 0.875. The normalized spacial score (nSPS) is 18.5. The predicted molar refractivity (Wildman–Crippen MR) is 81.6 cm³/mol. The summed E-state index contributed by atoms with van der Waals surface area (Å²) in [5, 5.41) is 9.63. The molecule has 0 radical (unpaired) electrons. The molecule has 0 bridgehead atoms. The van der Waals surface area contributed by atoms with Crippen LogP contribution in [-0.4, -0.2) is 31.2 Å². The van der Waals surface area contributed by atoms with Crippen LogP contribution >= 0.6 is 11.8 Å². The van der Waals surface area contributed by atoms with Gasteiger partial charge in [0.05, 0.1) is 22.8 Å². The number of carbonyl (C=O) groups excluding carboxylic acids is 1. The molecule has 7 nitrogen and oxygen atoms in total. The third kappa shape index (κ3) is 2.39. The van der Waals surface area contributed by atoms with Crippen LogP contribution in [0.1, 0.15) is 36.3 Å². The number of nitrogens with zero attached hydrogens (tertiary/aromatic N) is 3. The van der Waals surface area contributed by atoms with Gasteiger partial charge in [-0.15, -0.1) is 11.8 Å². The van der Waals surface area contributed by atoms with Crippen molar-refractivity contribution in [3.8, 4) is 0 Å². The Hall–Kier alpha value is -1.96. The van der Waals surface area contributed by atoms with Gasteiger partial charge in [-0.2, -0.15) is 5.10 Å². The van der Waals surface area contributed by atoms with Crippen LogP contribution in [0, 0.1) is 0 Å². The second kappa shape index (κ2) is 5.10. The largest absolute Gasteiger partial charge is 0.310 e. The molecular weight excluding hydrogens is 290 g/mol. The molecule has 1 aliphatic heterocycles. The highest BCUT2D eigenvalue weighted by molar-refractivity contribution is 8.00. The molecule has 1 amide bonds. The third-order valence-electron chi connectivity index (χ3n) is 3.41. The summed E-state index contributed by atoms with van der Waals surface area (Å²) in [5.41, 5.74) is 1.35. The first-order valence-electron chi connectivity index (χ1n) is 6.71. The third-order valence-corrected chi connectivity index (χ3v) is 4.68.